The van der Waals surface area contributed by atoms with Gasteiger partial charge in [0.2, 0.25) is 0 Å². The largest absolute Gasteiger partial charge is 0.522 e. The fourth-order valence-electron chi connectivity index (χ4n) is 9.27. The molecular formula is C57H48N5OPt-3. The zero-order valence-electron chi connectivity index (χ0n) is 37.3. The number of nitrogens with zero attached hydrogens (tertiary/aromatic N) is 5. The van der Waals surface area contributed by atoms with E-state index in [2.05, 4.69) is 215 Å². The molecule has 0 amide bonds. The summed E-state index contributed by atoms with van der Waals surface area (Å²) in [7, 11) is 0. The number of aromatic nitrogens is 5. The van der Waals surface area contributed by atoms with E-state index in [0.29, 0.717) is 16.8 Å². The third kappa shape index (κ3) is 6.96. The molecule has 320 valence electrons. The Morgan fingerprint density at radius 3 is 1.97 bits per heavy atom. The molecular weight excluding hydrogens is 966 g/mol. The molecule has 1 aliphatic rings. The maximum atomic E-state index is 6.85. The molecule has 0 saturated heterocycles. The first kappa shape index (κ1) is 41.4. The predicted molar refractivity (Wildman–Crippen MR) is 261 cm³/mol. The normalized spacial score (nSPS) is 12.2. The summed E-state index contributed by atoms with van der Waals surface area (Å²) in [4.78, 5) is 11.0. The molecule has 0 atom stereocenters. The number of imidazole rings is 1. The number of pyridine rings is 2. The SMILES string of the molecule is Cc1cc(C)cc(-c2cccc3c4ccccc4c4cc(C(C)(C)C)cc(n4)n4c5[c-]c(ccc5c5ccccc54)oc4[c-]c(nc(C(C)(C)C)c4)n4[cH-]n(c23)-c2ccccc2-4)c1.[Pt]. The molecule has 6 nitrogen and oxygen atoms in total. The van der Waals surface area contributed by atoms with E-state index in [-0.39, 0.29) is 31.9 Å². The van der Waals surface area contributed by atoms with Crippen LogP contribution in [-0.2, 0) is 31.9 Å². The molecule has 64 heavy (non-hydrogen) atoms. The van der Waals surface area contributed by atoms with Crippen molar-refractivity contribution < 1.29 is 25.5 Å². The Hall–Kier alpha value is -6.62. The number of para-hydroxylation sites is 4. The zero-order valence-corrected chi connectivity index (χ0v) is 39.6. The standard InChI is InChI=1S/C57H48N5O.Pt/c1-35-26-36(2)28-37(27-35)41-19-15-20-46-42-16-9-10-17-43(42)47-29-38(56(3,4)5)30-54(58-47)62-48-21-12-11-18-44(48)45-25-24-39(31-51(45)62)63-40-32-52(57(6,7)8)59-53(33-40)60-34-61(55(41)46)50-23-14-13-22-49(50)60;/h9-30,32,34H,1-8H3;/q-3;. The molecule has 5 heterocycles. The minimum atomic E-state index is -0.286. The summed E-state index contributed by atoms with van der Waals surface area (Å²) < 4.78 is 13.6. The second-order valence-electron chi connectivity index (χ2n) is 19.1. The molecule has 0 fully saturated rings. The summed E-state index contributed by atoms with van der Waals surface area (Å²) >= 11 is 0. The molecule has 10 aromatic rings. The fourth-order valence-corrected chi connectivity index (χ4v) is 9.27. The van der Waals surface area contributed by atoms with Gasteiger partial charge in [-0.15, -0.1) is 23.6 Å². The Balaban J connectivity index is 0.00000484. The van der Waals surface area contributed by atoms with E-state index in [1.807, 2.05) is 12.1 Å². The molecule has 11 rings (SSSR count). The molecule has 6 aromatic carbocycles. The van der Waals surface area contributed by atoms with E-state index < -0.39 is 0 Å². The Bertz CT molecular complexity index is 3720. The molecule has 0 N–H and O–H groups in total. The summed E-state index contributed by atoms with van der Waals surface area (Å²) in [6.45, 7) is 17.7. The minimum absolute atomic E-state index is 0. The van der Waals surface area contributed by atoms with E-state index in [1.165, 1.54) is 16.7 Å². The number of hydrogen-bond acceptors (Lipinski definition) is 3. The Morgan fingerprint density at radius 1 is 0.562 bits per heavy atom. The van der Waals surface area contributed by atoms with Crippen LogP contribution in [0.4, 0.5) is 0 Å². The molecule has 0 aliphatic carbocycles. The van der Waals surface area contributed by atoms with E-state index in [1.54, 1.807) is 0 Å². The number of benzene rings is 6. The monoisotopic (exact) mass is 1010 g/mol. The number of rotatable bonds is 1. The van der Waals surface area contributed by atoms with Crippen LogP contribution in [0.25, 0.3) is 94.0 Å². The van der Waals surface area contributed by atoms with Gasteiger partial charge in [0.15, 0.2) is 0 Å². The molecule has 0 spiro atoms. The van der Waals surface area contributed by atoms with E-state index in [0.717, 1.165) is 82.8 Å². The number of fused-ring (bicyclic) bond motifs is 20. The van der Waals surface area contributed by atoms with Crippen molar-refractivity contribution in [1.29, 1.82) is 0 Å². The maximum absolute atomic E-state index is 6.85. The second kappa shape index (κ2) is 15.3. The summed E-state index contributed by atoms with van der Waals surface area (Å²) in [6, 6.07) is 57.3. The Morgan fingerprint density at radius 2 is 1.23 bits per heavy atom. The van der Waals surface area contributed by atoms with Gasteiger partial charge in [0.05, 0.1) is 5.52 Å². The van der Waals surface area contributed by atoms with E-state index >= 15 is 0 Å². The Kier molecular flexibility index (Phi) is 9.88. The van der Waals surface area contributed by atoms with E-state index in [4.69, 9.17) is 14.4 Å². The third-order valence-electron chi connectivity index (χ3n) is 12.3. The van der Waals surface area contributed by atoms with Gasteiger partial charge in [0, 0.05) is 43.9 Å². The summed E-state index contributed by atoms with van der Waals surface area (Å²) in [5, 5.41) is 5.40. The average Bonchev–Trinajstić information content (AvgIpc) is 3.81. The molecule has 0 saturated carbocycles. The van der Waals surface area contributed by atoms with Crippen molar-refractivity contribution >= 4 is 71.5 Å². The van der Waals surface area contributed by atoms with Crippen LogP contribution in [-0.4, -0.2) is 23.5 Å². The molecule has 4 aromatic heterocycles. The maximum Gasteiger partial charge on any atom is 0.136 e. The first-order valence-electron chi connectivity index (χ1n) is 21.7. The van der Waals surface area contributed by atoms with Crippen LogP contribution in [0.3, 0.4) is 0 Å². The summed E-state index contributed by atoms with van der Waals surface area (Å²) in [5.41, 5.74) is 14.8. The van der Waals surface area contributed by atoms with Crippen molar-refractivity contribution in [3.8, 4) is 22.5 Å². The van der Waals surface area contributed by atoms with Gasteiger partial charge in [0.25, 0.3) is 0 Å². The van der Waals surface area contributed by atoms with Gasteiger partial charge in [-0.2, -0.15) is 6.07 Å². The van der Waals surface area contributed by atoms with Crippen LogP contribution >= 0.6 is 0 Å². The second-order valence-corrected chi connectivity index (χ2v) is 19.1. The van der Waals surface area contributed by atoms with Gasteiger partial charge in [-0.3, -0.25) is 0 Å². The summed E-state index contributed by atoms with van der Waals surface area (Å²) in [5.74, 6) is 0. The first-order chi connectivity index (χ1) is 30.3. The molecule has 0 unspecified atom stereocenters. The van der Waals surface area contributed by atoms with Gasteiger partial charge < -0.3 is 22.9 Å². The molecule has 8 bridgehead atoms. The van der Waals surface area contributed by atoms with Crippen molar-refractivity contribution in [1.82, 2.24) is 23.5 Å². The number of hydrogen-bond donors (Lipinski definition) is 0. The van der Waals surface area contributed by atoms with Crippen LogP contribution in [0, 0.1) is 26.0 Å². The van der Waals surface area contributed by atoms with Crippen LogP contribution in [0.5, 0.6) is 0 Å². The first-order valence-corrected chi connectivity index (χ1v) is 21.7. The van der Waals surface area contributed by atoms with Gasteiger partial charge in [-0.05, 0) is 110 Å². The van der Waals surface area contributed by atoms with E-state index in [9.17, 15) is 0 Å². The van der Waals surface area contributed by atoms with Gasteiger partial charge in [-0.25, -0.2) is 11.1 Å². The fraction of sp³-hybridized carbons (Fsp3) is 0.175. The minimum Gasteiger partial charge on any atom is -0.522 e. The van der Waals surface area contributed by atoms with Crippen molar-refractivity contribution in [2.24, 2.45) is 0 Å². The summed E-state index contributed by atoms with van der Waals surface area (Å²) in [6.07, 6.45) is 2.17. The zero-order chi connectivity index (χ0) is 43.4. The quantitative estimate of drug-likeness (QED) is 0.154. The van der Waals surface area contributed by atoms with Crippen LogP contribution in [0.15, 0.2) is 150 Å². The van der Waals surface area contributed by atoms with Gasteiger partial charge in [-0.1, -0.05) is 161 Å². The van der Waals surface area contributed by atoms with Crippen molar-refractivity contribution in [2.75, 3.05) is 0 Å². The van der Waals surface area contributed by atoms with Gasteiger partial charge >= 0.3 is 0 Å². The molecule has 7 heteroatoms. The van der Waals surface area contributed by atoms with Gasteiger partial charge in [0.1, 0.15) is 5.65 Å². The van der Waals surface area contributed by atoms with Crippen molar-refractivity contribution in [2.45, 2.75) is 66.2 Å². The smallest absolute Gasteiger partial charge is 0.136 e. The average molecular weight is 1010 g/mol. The predicted octanol–water partition coefficient (Wildman–Crippen LogP) is 14.7. The number of aryl methyl sites for hydroxylation is 2. The van der Waals surface area contributed by atoms with Crippen LogP contribution in [0.2, 0.25) is 0 Å². The Labute approximate surface area is 387 Å². The topological polar surface area (TPSA) is 53.2 Å². The van der Waals surface area contributed by atoms with Crippen LogP contribution in [0.1, 0.15) is 63.9 Å². The molecule has 0 radical (unpaired) electrons. The van der Waals surface area contributed by atoms with Crippen molar-refractivity contribution in [3.05, 3.63) is 180 Å². The van der Waals surface area contributed by atoms with Crippen molar-refractivity contribution in [3.63, 3.8) is 0 Å². The van der Waals surface area contributed by atoms with Crippen LogP contribution < -0.4 is 0 Å². The third-order valence-corrected chi connectivity index (χ3v) is 12.3. The molecule has 1 aliphatic heterocycles.